The zero-order chi connectivity index (χ0) is 30.2. The number of hydrogen-bond donors (Lipinski definition) is 1. The summed E-state index contributed by atoms with van der Waals surface area (Å²) in [6, 6.07) is 19.5. The maximum Gasteiger partial charge on any atom is 0.351 e. The van der Waals surface area contributed by atoms with Crippen molar-refractivity contribution >= 4 is 11.9 Å². The molecule has 0 radical (unpaired) electrons. The van der Waals surface area contributed by atoms with Crippen molar-refractivity contribution in [1.82, 2.24) is 0 Å². The lowest BCUT2D eigenvalue weighted by atomic mass is 9.66. The minimum absolute atomic E-state index is 0.254. The van der Waals surface area contributed by atoms with Crippen molar-refractivity contribution in [2.45, 2.75) is 89.2 Å². The van der Waals surface area contributed by atoms with Crippen LogP contribution in [0.4, 0.5) is 0 Å². The quantitative estimate of drug-likeness (QED) is 0.272. The molecule has 3 aliphatic rings. The minimum Gasteiger partial charge on any atom is -0.459 e. The van der Waals surface area contributed by atoms with Gasteiger partial charge in [0, 0.05) is 17.8 Å². The molecule has 5 rings (SSSR count). The molecule has 2 saturated carbocycles. The second kappa shape index (κ2) is 11.4. The number of carbonyl (C=O) groups is 2. The van der Waals surface area contributed by atoms with Crippen molar-refractivity contribution in [3.8, 4) is 0 Å². The third kappa shape index (κ3) is 4.81. The summed E-state index contributed by atoms with van der Waals surface area (Å²) in [5.41, 5.74) is -2.60. The first-order valence-electron chi connectivity index (χ1n) is 14.7. The summed E-state index contributed by atoms with van der Waals surface area (Å²) in [7, 11) is 0. The van der Waals surface area contributed by atoms with Crippen LogP contribution in [0.15, 0.2) is 86.0 Å². The predicted molar refractivity (Wildman–Crippen MR) is 158 cm³/mol. The minimum atomic E-state index is -1.61. The van der Waals surface area contributed by atoms with Gasteiger partial charge in [-0.1, -0.05) is 86.7 Å². The van der Waals surface area contributed by atoms with Gasteiger partial charge in [-0.2, -0.15) is 0 Å². The van der Waals surface area contributed by atoms with Gasteiger partial charge in [0.25, 0.3) is 0 Å². The fraction of sp³-hybridized carbons (Fsp3) is 0.486. The Balaban J connectivity index is 1.46. The molecule has 2 aliphatic carbocycles. The summed E-state index contributed by atoms with van der Waals surface area (Å²) in [4.78, 5) is 26.9. The fourth-order valence-electron chi connectivity index (χ4n) is 7.11. The molecule has 224 valence electrons. The lowest BCUT2D eigenvalue weighted by Gasteiger charge is -2.50. The molecule has 2 aromatic carbocycles. The highest BCUT2D eigenvalue weighted by atomic mass is 16.6. The highest BCUT2D eigenvalue weighted by Gasteiger charge is 2.76. The number of aliphatic hydroxyl groups is 1. The van der Waals surface area contributed by atoms with Crippen LogP contribution in [0, 0.1) is 16.7 Å². The van der Waals surface area contributed by atoms with E-state index in [1.807, 2.05) is 81.4 Å². The van der Waals surface area contributed by atoms with E-state index in [2.05, 4.69) is 13.2 Å². The average molecular weight is 575 g/mol. The number of rotatable bonds is 11. The molecule has 1 saturated heterocycles. The maximum atomic E-state index is 14.0. The third-order valence-corrected chi connectivity index (χ3v) is 10.3. The molecule has 1 heterocycles. The van der Waals surface area contributed by atoms with Crippen LogP contribution in [-0.2, 0) is 41.8 Å². The molecule has 1 aliphatic heterocycles. The molecule has 7 atom stereocenters. The SMILES string of the molecule is C=CC[C@@H]1[C@H](OC(=O)[C@@]23CC[C@@](C)(C(=O)O2)C3(C)C)C[C@@H](OCc2ccccc2)[C@H](OCc2ccccc2)[C@@]1(O)C=C. The Hall–Kier alpha value is -3.26. The normalized spacial score (nSPS) is 34.9. The molecule has 2 bridgehead atoms. The molecule has 1 N–H and O–H groups in total. The monoisotopic (exact) mass is 574 g/mol. The number of ether oxygens (including phenoxy) is 4. The van der Waals surface area contributed by atoms with E-state index in [0.717, 1.165) is 11.1 Å². The molecule has 0 amide bonds. The van der Waals surface area contributed by atoms with E-state index >= 15 is 0 Å². The first-order chi connectivity index (χ1) is 20.0. The van der Waals surface area contributed by atoms with Gasteiger partial charge in [-0.25, -0.2) is 4.79 Å². The summed E-state index contributed by atoms with van der Waals surface area (Å²) >= 11 is 0. The molecule has 0 unspecified atom stereocenters. The fourth-order valence-corrected chi connectivity index (χ4v) is 7.11. The lowest BCUT2D eigenvalue weighted by molar-refractivity contribution is -0.236. The van der Waals surface area contributed by atoms with Gasteiger partial charge in [-0.3, -0.25) is 4.79 Å². The highest BCUT2D eigenvalue weighted by Crippen LogP contribution is 2.66. The van der Waals surface area contributed by atoms with E-state index in [0.29, 0.717) is 19.3 Å². The van der Waals surface area contributed by atoms with Gasteiger partial charge in [0.2, 0.25) is 5.60 Å². The molecular formula is C35H42O7. The van der Waals surface area contributed by atoms with Crippen LogP contribution in [0.5, 0.6) is 0 Å². The highest BCUT2D eigenvalue weighted by molar-refractivity contribution is 5.93. The number of carbonyl (C=O) groups excluding carboxylic acids is 2. The number of esters is 2. The zero-order valence-corrected chi connectivity index (χ0v) is 24.8. The Kier molecular flexibility index (Phi) is 8.23. The molecule has 0 spiro atoms. The van der Waals surface area contributed by atoms with Gasteiger partial charge in [-0.05, 0) is 37.3 Å². The second-order valence-electron chi connectivity index (χ2n) is 12.6. The van der Waals surface area contributed by atoms with E-state index in [9.17, 15) is 14.7 Å². The van der Waals surface area contributed by atoms with Crippen LogP contribution in [0.25, 0.3) is 0 Å². The second-order valence-corrected chi connectivity index (χ2v) is 12.6. The van der Waals surface area contributed by atoms with Crippen molar-refractivity contribution in [1.29, 1.82) is 0 Å². The van der Waals surface area contributed by atoms with Crippen LogP contribution in [0.1, 0.15) is 57.6 Å². The molecule has 0 aromatic heterocycles. The maximum absolute atomic E-state index is 14.0. The zero-order valence-electron chi connectivity index (χ0n) is 24.8. The molecular weight excluding hydrogens is 532 g/mol. The summed E-state index contributed by atoms with van der Waals surface area (Å²) < 4.78 is 24.9. The Morgan fingerprint density at radius 3 is 2.05 bits per heavy atom. The van der Waals surface area contributed by atoms with Crippen molar-refractivity contribution in [2.75, 3.05) is 0 Å². The Bertz CT molecular complexity index is 1310. The van der Waals surface area contributed by atoms with Gasteiger partial charge >= 0.3 is 11.9 Å². The summed E-state index contributed by atoms with van der Waals surface area (Å²) in [5.74, 6) is -1.57. The Morgan fingerprint density at radius 2 is 1.55 bits per heavy atom. The van der Waals surface area contributed by atoms with Crippen LogP contribution >= 0.6 is 0 Å². The standard InChI is InChI=1S/C35H42O7/c1-6-14-26-27(41-31(37)35-20-19-33(5,30(36)42-35)32(35,3)4)21-28(39-22-24-15-10-8-11-16-24)29(34(26,38)7-2)40-23-25-17-12-9-13-18-25/h6-13,15-18,26-29,38H,1-2,14,19-23H2,3-5H3/t26-,27-,28-,29+,33+,34-,35-/m1/s1. The molecule has 3 fully saturated rings. The third-order valence-electron chi connectivity index (χ3n) is 10.3. The first kappa shape index (κ1) is 30.2. The average Bonchev–Trinajstić information content (AvgIpc) is 3.29. The number of benzene rings is 2. The molecule has 7 nitrogen and oxygen atoms in total. The van der Waals surface area contributed by atoms with E-state index in [-0.39, 0.29) is 25.6 Å². The molecule has 42 heavy (non-hydrogen) atoms. The summed E-state index contributed by atoms with van der Waals surface area (Å²) in [6.45, 7) is 14.1. The number of fused-ring (bicyclic) bond motifs is 2. The lowest BCUT2D eigenvalue weighted by Crippen LogP contribution is -2.64. The van der Waals surface area contributed by atoms with Crippen molar-refractivity contribution in [2.24, 2.45) is 16.7 Å². The largest absolute Gasteiger partial charge is 0.459 e. The Labute approximate surface area is 248 Å². The van der Waals surface area contributed by atoms with E-state index < -0.39 is 52.2 Å². The van der Waals surface area contributed by atoms with Gasteiger partial charge in [0.1, 0.15) is 17.8 Å². The van der Waals surface area contributed by atoms with E-state index in [1.54, 1.807) is 6.08 Å². The number of hydrogen-bond acceptors (Lipinski definition) is 7. The van der Waals surface area contributed by atoms with Crippen LogP contribution in [0.2, 0.25) is 0 Å². The van der Waals surface area contributed by atoms with Gasteiger partial charge in [0.05, 0.1) is 24.7 Å². The number of allylic oxidation sites excluding steroid dienone is 1. The summed E-state index contributed by atoms with van der Waals surface area (Å²) in [6.07, 6.45) is 2.51. The van der Waals surface area contributed by atoms with Crippen LogP contribution < -0.4 is 0 Å². The predicted octanol–water partition coefficient (Wildman–Crippen LogP) is 5.70. The van der Waals surface area contributed by atoms with Gasteiger partial charge in [0.15, 0.2) is 0 Å². The van der Waals surface area contributed by atoms with Crippen molar-refractivity contribution < 1.29 is 33.6 Å². The first-order valence-corrected chi connectivity index (χ1v) is 14.7. The van der Waals surface area contributed by atoms with Crippen LogP contribution in [0.3, 0.4) is 0 Å². The smallest absolute Gasteiger partial charge is 0.351 e. The molecule has 7 heteroatoms. The van der Waals surface area contributed by atoms with Crippen molar-refractivity contribution in [3.63, 3.8) is 0 Å². The Morgan fingerprint density at radius 1 is 0.952 bits per heavy atom. The van der Waals surface area contributed by atoms with Gasteiger partial charge in [-0.15, -0.1) is 13.2 Å². The topological polar surface area (TPSA) is 91.3 Å². The summed E-state index contributed by atoms with van der Waals surface area (Å²) in [5, 5.41) is 12.3. The van der Waals surface area contributed by atoms with E-state index in [4.69, 9.17) is 18.9 Å². The van der Waals surface area contributed by atoms with Gasteiger partial charge < -0.3 is 24.1 Å². The van der Waals surface area contributed by atoms with E-state index in [1.165, 1.54) is 6.08 Å². The van der Waals surface area contributed by atoms with Crippen molar-refractivity contribution in [3.05, 3.63) is 97.1 Å². The van der Waals surface area contributed by atoms with Crippen LogP contribution in [-0.4, -0.2) is 46.6 Å². The molecule has 2 aromatic rings.